The zero-order valence-corrected chi connectivity index (χ0v) is 13.0. The topological polar surface area (TPSA) is 65.5 Å². The molecule has 5 nitrogen and oxygen atoms in total. The van der Waals surface area contributed by atoms with Gasteiger partial charge in [-0.3, -0.25) is 9.78 Å². The summed E-state index contributed by atoms with van der Waals surface area (Å²) in [6.07, 6.45) is 1.60. The molecule has 0 spiro atoms. The van der Waals surface area contributed by atoms with Crippen molar-refractivity contribution in [1.82, 2.24) is 9.88 Å². The maximum atomic E-state index is 12.6. The van der Waals surface area contributed by atoms with Gasteiger partial charge < -0.3 is 15.3 Å². The van der Waals surface area contributed by atoms with Crippen LogP contribution in [-0.2, 0) is 0 Å². The molecule has 0 aliphatic rings. The number of aliphatic hydroxyl groups is 1. The van der Waals surface area contributed by atoms with Gasteiger partial charge in [0.1, 0.15) is 0 Å². The van der Waals surface area contributed by atoms with Gasteiger partial charge in [0.05, 0.1) is 16.9 Å². The molecule has 1 rings (SSSR count). The lowest BCUT2D eigenvalue weighted by Gasteiger charge is -2.28. The first-order valence-corrected chi connectivity index (χ1v) is 7.00. The second-order valence-corrected chi connectivity index (χ2v) is 5.53. The molecule has 1 heterocycles. The number of hydrogen-bond donors (Lipinski definition) is 2. The van der Waals surface area contributed by atoms with E-state index in [1.807, 2.05) is 26.8 Å². The maximum absolute atomic E-state index is 12.6. The number of likely N-dealkylation sites (N-methyl/N-ethyl adjacent to an activating group) is 1. The molecule has 0 aliphatic carbocycles. The van der Waals surface area contributed by atoms with E-state index in [2.05, 4.69) is 10.3 Å². The normalized spacial score (nSPS) is 11.3. The zero-order valence-electron chi connectivity index (χ0n) is 13.0. The summed E-state index contributed by atoms with van der Waals surface area (Å²) in [7, 11) is 0. The van der Waals surface area contributed by atoms with Crippen LogP contribution >= 0.6 is 0 Å². The van der Waals surface area contributed by atoms with Crippen LogP contribution in [0.2, 0.25) is 0 Å². The Bertz CT molecular complexity index is 467. The van der Waals surface area contributed by atoms with Gasteiger partial charge in [0.2, 0.25) is 0 Å². The molecule has 1 aromatic rings. The van der Waals surface area contributed by atoms with Crippen LogP contribution in [0, 0.1) is 6.92 Å². The van der Waals surface area contributed by atoms with E-state index in [0.29, 0.717) is 18.7 Å². The smallest absolute Gasteiger partial charge is 0.257 e. The highest BCUT2D eigenvalue weighted by Gasteiger charge is 2.24. The average molecular weight is 279 g/mol. The van der Waals surface area contributed by atoms with Crippen LogP contribution < -0.4 is 5.32 Å². The zero-order chi connectivity index (χ0) is 15.3. The van der Waals surface area contributed by atoms with Crippen LogP contribution in [-0.4, -0.2) is 46.1 Å². The number of aryl methyl sites for hydroxylation is 1. The molecule has 112 valence electrons. The minimum absolute atomic E-state index is 0.113. The number of pyridine rings is 1. The molecule has 20 heavy (non-hydrogen) atoms. The number of amides is 1. The molecular weight excluding hydrogens is 254 g/mol. The van der Waals surface area contributed by atoms with Gasteiger partial charge in [-0.25, -0.2) is 0 Å². The van der Waals surface area contributed by atoms with E-state index < -0.39 is 5.60 Å². The van der Waals surface area contributed by atoms with E-state index in [4.69, 9.17) is 0 Å². The van der Waals surface area contributed by atoms with Crippen molar-refractivity contribution in [3.8, 4) is 0 Å². The second-order valence-electron chi connectivity index (χ2n) is 5.53. The fourth-order valence-corrected chi connectivity index (χ4v) is 2.03. The monoisotopic (exact) mass is 279 g/mol. The lowest BCUT2D eigenvalue weighted by atomic mass is 10.1. The SMILES string of the molecule is CCNc1cc(C)ncc1C(=O)N(CC)CC(C)(C)O. The fraction of sp³-hybridized carbons (Fsp3) is 0.600. The average Bonchev–Trinajstić information content (AvgIpc) is 2.35. The quantitative estimate of drug-likeness (QED) is 0.836. The molecule has 0 fully saturated rings. The Balaban J connectivity index is 3.05. The Hall–Kier alpha value is -1.62. The molecule has 0 saturated carbocycles. The van der Waals surface area contributed by atoms with Crippen molar-refractivity contribution in [2.24, 2.45) is 0 Å². The molecule has 0 unspecified atom stereocenters. The van der Waals surface area contributed by atoms with Crippen molar-refractivity contribution in [1.29, 1.82) is 0 Å². The Labute approximate surface area is 121 Å². The number of carbonyl (C=O) groups is 1. The number of nitrogens with zero attached hydrogens (tertiary/aromatic N) is 2. The summed E-state index contributed by atoms with van der Waals surface area (Å²) in [6.45, 7) is 10.7. The molecule has 5 heteroatoms. The van der Waals surface area contributed by atoms with Gasteiger partial charge in [0.25, 0.3) is 5.91 Å². The molecule has 0 aromatic carbocycles. The van der Waals surface area contributed by atoms with E-state index in [1.54, 1.807) is 24.9 Å². The highest BCUT2D eigenvalue weighted by Crippen LogP contribution is 2.19. The molecule has 0 radical (unpaired) electrons. The lowest BCUT2D eigenvalue weighted by Crippen LogP contribution is -2.42. The van der Waals surface area contributed by atoms with E-state index in [0.717, 1.165) is 17.9 Å². The second kappa shape index (κ2) is 6.70. The minimum atomic E-state index is -0.915. The summed E-state index contributed by atoms with van der Waals surface area (Å²) in [6, 6.07) is 1.87. The van der Waals surface area contributed by atoms with Crippen LogP contribution in [0.15, 0.2) is 12.3 Å². The van der Waals surface area contributed by atoms with E-state index in [1.165, 1.54) is 0 Å². The Kier molecular flexibility index (Phi) is 5.51. The van der Waals surface area contributed by atoms with Gasteiger partial charge >= 0.3 is 0 Å². The van der Waals surface area contributed by atoms with Gasteiger partial charge in [-0.2, -0.15) is 0 Å². The number of nitrogens with one attached hydrogen (secondary N) is 1. The first kappa shape index (κ1) is 16.4. The Morgan fingerprint density at radius 2 is 2.10 bits per heavy atom. The van der Waals surface area contributed by atoms with Gasteiger partial charge in [0.15, 0.2) is 0 Å². The van der Waals surface area contributed by atoms with E-state index in [-0.39, 0.29) is 5.91 Å². The van der Waals surface area contributed by atoms with Crippen molar-refractivity contribution in [3.63, 3.8) is 0 Å². The van der Waals surface area contributed by atoms with Crippen molar-refractivity contribution in [2.45, 2.75) is 40.2 Å². The number of aromatic nitrogens is 1. The fourth-order valence-electron chi connectivity index (χ4n) is 2.03. The van der Waals surface area contributed by atoms with Crippen molar-refractivity contribution in [3.05, 3.63) is 23.5 Å². The van der Waals surface area contributed by atoms with Gasteiger partial charge in [0, 0.05) is 31.5 Å². The number of rotatable bonds is 6. The molecule has 0 saturated heterocycles. The summed E-state index contributed by atoms with van der Waals surface area (Å²) in [5.74, 6) is -0.113. The van der Waals surface area contributed by atoms with Crippen molar-refractivity contribution in [2.75, 3.05) is 25.0 Å². The minimum Gasteiger partial charge on any atom is -0.389 e. The first-order chi connectivity index (χ1) is 9.28. The molecule has 0 bridgehead atoms. The summed E-state index contributed by atoms with van der Waals surface area (Å²) < 4.78 is 0. The van der Waals surface area contributed by atoms with E-state index in [9.17, 15) is 9.90 Å². The maximum Gasteiger partial charge on any atom is 0.257 e. The standard InChI is InChI=1S/C15H25N3O2/c1-6-16-13-8-11(3)17-9-12(13)14(19)18(7-2)10-15(4,5)20/h8-9,20H,6-7,10H2,1-5H3,(H,16,17). The third-order valence-corrected chi connectivity index (χ3v) is 2.89. The molecular formula is C15H25N3O2. The van der Waals surface area contributed by atoms with Gasteiger partial charge in [-0.05, 0) is 40.7 Å². The van der Waals surface area contributed by atoms with Crippen LogP contribution in [0.4, 0.5) is 5.69 Å². The number of carbonyl (C=O) groups excluding carboxylic acids is 1. The van der Waals surface area contributed by atoms with Crippen molar-refractivity contribution < 1.29 is 9.90 Å². The van der Waals surface area contributed by atoms with Gasteiger partial charge in [-0.15, -0.1) is 0 Å². The first-order valence-electron chi connectivity index (χ1n) is 7.00. The van der Waals surface area contributed by atoms with Crippen LogP contribution in [0.25, 0.3) is 0 Å². The summed E-state index contributed by atoms with van der Waals surface area (Å²) >= 11 is 0. The molecule has 2 N–H and O–H groups in total. The predicted molar refractivity (Wildman–Crippen MR) is 81.0 cm³/mol. The highest BCUT2D eigenvalue weighted by molar-refractivity contribution is 5.99. The highest BCUT2D eigenvalue weighted by atomic mass is 16.3. The third-order valence-electron chi connectivity index (χ3n) is 2.89. The largest absolute Gasteiger partial charge is 0.389 e. The van der Waals surface area contributed by atoms with Gasteiger partial charge in [-0.1, -0.05) is 0 Å². The summed E-state index contributed by atoms with van der Waals surface area (Å²) in [5.41, 5.74) is 1.29. The van der Waals surface area contributed by atoms with Crippen molar-refractivity contribution >= 4 is 11.6 Å². The molecule has 1 amide bonds. The summed E-state index contributed by atoms with van der Waals surface area (Å²) in [4.78, 5) is 18.4. The molecule has 0 atom stereocenters. The summed E-state index contributed by atoms with van der Waals surface area (Å²) in [5, 5.41) is 13.1. The van der Waals surface area contributed by atoms with Crippen LogP contribution in [0.1, 0.15) is 43.7 Å². The van der Waals surface area contributed by atoms with Crippen LogP contribution in [0.5, 0.6) is 0 Å². The molecule has 1 aromatic heterocycles. The van der Waals surface area contributed by atoms with E-state index >= 15 is 0 Å². The third kappa shape index (κ3) is 4.49. The van der Waals surface area contributed by atoms with Crippen LogP contribution in [0.3, 0.4) is 0 Å². The molecule has 0 aliphatic heterocycles. The number of hydrogen-bond acceptors (Lipinski definition) is 4. The number of anilines is 1. The lowest BCUT2D eigenvalue weighted by molar-refractivity contribution is 0.0315. The Morgan fingerprint density at radius 3 is 2.60 bits per heavy atom. The Morgan fingerprint density at radius 1 is 1.45 bits per heavy atom. The predicted octanol–water partition coefficient (Wildman–Crippen LogP) is 2.05.